The van der Waals surface area contributed by atoms with Gasteiger partial charge in [-0.05, 0) is 49.7 Å². The topological polar surface area (TPSA) is 26.3 Å². The largest absolute Gasteiger partial charge is 0.465 e. The molecule has 1 atom stereocenters. The van der Waals surface area contributed by atoms with Gasteiger partial charge in [0.25, 0.3) is 0 Å². The van der Waals surface area contributed by atoms with E-state index in [9.17, 15) is 18.0 Å². The van der Waals surface area contributed by atoms with Crippen molar-refractivity contribution in [2.45, 2.75) is 65.0 Å². The van der Waals surface area contributed by atoms with E-state index in [2.05, 4.69) is 13.8 Å². The van der Waals surface area contributed by atoms with Crippen LogP contribution in [0.1, 0.15) is 63.5 Å². The number of carbonyl (C=O) groups excluding carboxylic acids is 1. The Morgan fingerprint density at radius 3 is 2.21 bits per heavy atom. The van der Waals surface area contributed by atoms with E-state index in [1.165, 1.54) is 5.56 Å². The number of alkyl halides is 3. The van der Waals surface area contributed by atoms with Gasteiger partial charge in [-0.25, -0.2) is 0 Å². The van der Waals surface area contributed by atoms with E-state index < -0.39 is 12.6 Å². The summed E-state index contributed by atoms with van der Waals surface area (Å²) in [6.45, 7) is 6.27. The summed E-state index contributed by atoms with van der Waals surface area (Å²) in [5, 5.41) is 0. The molecule has 0 saturated heterocycles. The zero-order valence-electron chi connectivity index (χ0n) is 14.7. The molecule has 1 aromatic carbocycles. The van der Waals surface area contributed by atoms with E-state index >= 15 is 0 Å². The van der Waals surface area contributed by atoms with Gasteiger partial charge in [0.1, 0.15) is 0 Å². The number of benzene rings is 1. The number of rotatable bonds is 9. The third kappa shape index (κ3) is 8.37. The van der Waals surface area contributed by atoms with Crippen molar-refractivity contribution in [2.75, 3.05) is 6.61 Å². The van der Waals surface area contributed by atoms with Crippen LogP contribution in [0.15, 0.2) is 24.3 Å². The number of unbranched alkanes of at least 4 members (excludes halogenated alkanes) is 2. The van der Waals surface area contributed by atoms with Gasteiger partial charge in [0.05, 0.1) is 12.5 Å². The number of halogens is 3. The Morgan fingerprint density at radius 1 is 1.04 bits per heavy atom. The van der Waals surface area contributed by atoms with E-state index in [-0.39, 0.29) is 24.9 Å². The molecule has 0 aromatic heterocycles. The average Bonchev–Trinajstić information content (AvgIpc) is 2.49. The monoisotopic (exact) mass is 344 g/mol. The van der Waals surface area contributed by atoms with Crippen molar-refractivity contribution in [2.24, 2.45) is 5.92 Å². The van der Waals surface area contributed by atoms with Crippen LogP contribution in [0, 0.1) is 5.92 Å². The number of esters is 1. The molecule has 1 unspecified atom stereocenters. The van der Waals surface area contributed by atoms with Crippen molar-refractivity contribution in [3.05, 3.63) is 35.4 Å². The van der Waals surface area contributed by atoms with E-state index in [0.717, 1.165) is 12.0 Å². The average molecular weight is 344 g/mol. The molecule has 5 heteroatoms. The van der Waals surface area contributed by atoms with Crippen molar-refractivity contribution in [3.63, 3.8) is 0 Å². The normalized spacial score (nSPS) is 13.1. The quantitative estimate of drug-likeness (QED) is 0.427. The highest BCUT2D eigenvalue weighted by Crippen LogP contribution is 2.23. The molecule has 0 N–H and O–H groups in total. The molecule has 0 aliphatic rings. The van der Waals surface area contributed by atoms with E-state index in [1.807, 2.05) is 24.3 Å². The Kier molecular flexibility index (Phi) is 8.29. The van der Waals surface area contributed by atoms with Crippen LogP contribution in [0.4, 0.5) is 13.2 Å². The molecule has 1 rings (SSSR count). The van der Waals surface area contributed by atoms with Gasteiger partial charge in [0.15, 0.2) is 0 Å². The summed E-state index contributed by atoms with van der Waals surface area (Å²) in [6, 6.07) is 7.92. The highest BCUT2D eigenvalue weighted by molar-refractivity contribution is 5.77. The van der Waals surface area contributed by atoms with Gasteiger partial charge < -0.3 is 4.74 Å². The first-order valence-corrected chi connectivity index (χ1v) is 8.51. The molecular formula is C19H27F3O2. The fourth-order valence-electron chi connectivity index (χ4n) is 2.45. The van der Waals surface area contributed by atoms with Crippen molar-refractivity contribution >= 4 is 5.97 Å². The summed E-state index contributed by atoms with van der Waals surface area (Å²) >= 11 is 0. The third-order valence-corrected chi connectivity index (χ3v) is 3.83. The lowest BCUT2D eigenvalue weighted by atomic mass is 9.97. The standard InChI is InChI=1S/C19H27F3O2/c1-14(2)13-16-7-9-17(10-8-16)15(3)18(23)24-12-6-4-5-11-19(20,21)22/h7-10,14-15H,4-6,11-13H2,1-3H3. The fourth-order valence-corrected chi connectivity index (χ4v) is 2.45. The van der Waals surface area contributed by atoms with Crippen molar-refractivity contribution in [3.8, 4) is 0 Å². The Bertz CT molecular complexity index is 492. The summed E-state index contributed by atoms with van der Waals surface area (Å²) in [5.74, 6) is -0.119. The maximum Gasteiger partial charge on any atom is 0.389 e. The van der Waals surface area contributed by atoms with Crippen LogP contribution in [0.5, 0.6) is 0 Å². The highest BCUT2D eigenvalue weighted by Gasteiger charge is 2.25. The molecular weight excluding hydrogens is 317 g/mol. The molecule has 136 valence electrons. The number of hydrogen-bond donors (Lipinski definition) is 0. The number of carbonyl (C=O) groups is 1. The SMILES string of the molecule is CC(C)Cc1ccc(C(C)C(=O)OCCCCCC(F)(F)F)cc1. The molecule has 24 heavy (non-hydrogen) atoms. The molecule has 0 amide bonds. The molecule has 0 aliphatic carbocycles. The van der Waals surface area contributed by atoms with E-state index in [4.69, 9.17) is 4.74 Å². The molecule has 0 aliphatic heterocycles. The Balaban J connectivity index is 2.31. The maximum absolute atomic E-state index is 12.0. The van der Waals surface area contributed by atoms with Gasteiger partial charge in [0, 0.05) is 6.42 Å². The smallest absolute Gasteiger partial charge is 0.389 e. The predicted molar refractivity (Wildman–Crippen MR) is 88.9 cm³/mol. The zero-order chi connectivity index (χ0) is 18.2. The molecule has 1 aromatic rings. The minimum absolute atomic E-state index is 0.0773. The summed E-state index contributed by atoms with van der Waals surface area (Å²) in [6.07, 6.45) is -2.94. The summed E-state index contributed by atoms with van der Waals surface area (Å²) in [7, 11) is 0. The van der Waals surface area contributed by atoms with E-state index in [1.54, 1.807) is 6.92 Å². The van der Waals surface area contributed by atoms with Crippen LogP contribution < -0.4 is 0 Å². The summed E-state index contributed by atoms with van der Waals surface area (Å²) < 4.78 is 41.2. The molecule has 0 fully saturated rings. The lowest BCUT2D eigenvalue weighted by Gasteiger charge is -2.13. The summed E-state index contributed by atoms with van der Waals surface area (Å²) in [5.41, 5.74) is 2.13. The molecule has 2 nitrogen and oxygen atoms in total. The van der Waals surface area contributed by atoms with Gasteiger partial charge >= 0.3 is 12.1 Å². The van der Waals surface area contributed by atoms with Crippen LogP contribution in [0.3, 0.4) is 0 Å². The zero-order valence-corrected chi connectivity index (χ0v) is 14.7. The number of ether oxygens (including phenoxy) is 1. The lowest BCUT2D eigenvalue weighted by molar-refractivity contribution is -0.145. The predicted octanol–water partition coefficient (Wildman–Crippen LogP) is 5.65. The van der Waals surface area contributed by atoms with Crippen molar-refractivity contribution in [1.29, 1.82) is 0 Å². The van der Waals surface area contributed by atoms with Crippen LogP contribution >= 0.6 is 0 Å². The Morgan fingerprint density at radius 2 is 1.67 bits per heavy atom. The van der Waals surface area contributed by atoms with Gasteiger partial charge in [-0.1, -0.05) is 38.1 Å². The summed E-state index contributed by atoms with van der Waals surface area (Å²) in [4.78, 5) is 12.0. The molecule has 0 heterocycles. The maximum atomic E-state index is 12.0. The van der Waals surface area contributed by atoms with Gasteiger partial charge in [-0.2, -0.15) is 13.2 Å². The van der Waals surface area contributed by atoms with Crippen LogP contribution in [-0.2, 0) is 16.0 Å². The first-order chi connectivity index (χ1) is 11.2. The first kappa shape index (κ1) is 20.5. The molecule has 0 radical (unpaired) electrons. The Labute approximate surface area is 142 Å². The van der Waals surface area contributed by atoms with Gasteiger partial charge in [0.2, 0.25) is 0 Å². The van der Waals surface area contributed by atoms with Crippen molar-refractivity contribution in [1.82, 2.24) is 0 Å². The molecule has 0 spiro atoms. The minimum Gasteiger partial charge on any atom is -0.465 e. The highest BCUT2D eigenvalue weighted by atomic mass is 19.4. The van der Waals surface area contributed by atoms with Crippen LogP contribution in [-0.4, -0.2) is 18.8 Å². The fraction of sp³-hybridized carbons (Fsp3) is 0.632. The second-order valence-corrected chi connectivity index (χ2v) is 6.65. The molecule has 0 saturated carbocycles. The number of hydrogen-bond acceptors (Lipinski definition) is 2. The second kappa shape index (κ2) is 9.70. The third-order valence-electron chi connectivity index (χ3n) is 3.83. The minimum atomic E-state index is -4.10. The van der Waals surface area contributed by atoms with Crippen LogP contribution in [0.2, 0.25) is 0 Å². The van der Waals surface area contributed by atoms with E-state index in [0.29, 0.717) is 18.8 Å². The lowest BCUT2D eigenvalue weighted by Crippen LogP contribution is -2.14. The second-order valence-electron chi connectivity index (χ2n) is 6.65. The van der Waals surface area contributed by atoms with Gasteiger partial charge in [-0.3, -0.25) is 4.79 Å². The Hall–Kier alpha value is -1.52. The molecule has 0 bridgehead atoms. The van der Waals surface area contributed by atoms with Crippen molar-refractivity contribution < 1.29 is 22.7 Å². The van der Waals surface area contributed by atoms with Crippen LogP contribution in [0.25, 0.3) is 0 Å². The van der Waals surface area contributed by atoms with Gasteiger partial charge in [-0.15, -0.1) is 0 Å². The first-order valence-electron chi connectivity index (χ1n) is 8.51.